The SMILES string of the molecule is CCc1nnc(C)cc1C(O)c1cccc2ccsc12. The van der Waals surface area contributed by atoms with Crippen LogP contribution in [0.5, 0.6) is 0 Å². The number of rotatable bonds is 3. The van der Waals surface area contributed by atoms with Gasteiger partial charge in [0.25, 0.3) is 0 Å². The van der Waals surface area contributed by atoms with Gasteiger partial charge >= 0.3 is 0 Å². The predicted molar refractivity (Wildman–Crippen MR) is 82.0 cm³/mol. The molecule has 0 aliphatic heterocycles. The molecule has 0 radical (unpaired) electrons. The highest BCUT2D eigenvalue weighted by Gasteiger charge is 2.18. The van der Waals surface area contributed by atoms with Crippen LogP contribution in [0.25, 0.3) is 10.1 Å². The maximum absolute atomic E-state index is 10.8. The molecule has 1 aromatic carbocycles. The van der Waals surface area contributed by atoms with Crippen molar-refractivity contribution in [2.45, 2.75) is 26.4 Å². The van der Waals surface area contributed by atoms with E-state index in [4.69, 9.17) is 0 Å². The quantitative estimate of drug-likeness (QED) is 0.798. The van der Waals surface area contributed by atoms with Gasteiger partial charge in [0.15, 0.2) is 0 Å². The van der Waals surface area contributed by atoms with Gasteiger partial charge in [0, 0.05) is 15.8 Å². The van der Waals surface area contributed by atoms with Gasteiger partial charge < -0.3 is 5.11 Å². The molecule has 0 aliphatic carbocycles. The number of nitrogens with zero attached hydrogens (tertiary/aromatic N) is 2. The first kappa shape index (κ1) is 13.2. The van der Waals surface area contributed by atoms with E-state index in [-0.39, 0.29) is 0 Å². The van der Waals surface area contributed by atoms with Crippen LogP contribution in [0.2, 0.25) is 0 Å². The first-order valence-corrected chi connectivity index (χ1v) is 7.56. The van der Waals surface area contributed by atoms with Crippen LogP contribution in [0.1, 0.15) is 35.5 Å². The third kappa shape index (κ3) is 2.21. The summed E-state index contributed by atoms with van der Waals surface area (Å²) in [6.07, 6.45) is 0.113. The Hall–Kier alpha value is -1.78. The summed E-state index contributed by atoms with van der Waals surface area (Å²) in [5.41, 5.74) is 3.49. The predicted octanol–water partition coefficient (Wildman–Crippen LogP) is 3.64. The summed E-state index contributed by atoms with van der Waals surface area (Å²) in [5.74, 6) is 0. The molecule has 0 spiro atoms. The monoisotopic (exact) mass is 284 g/mol. The van der Waals surface area contributed by atoms with Crippen molar-refractivity contribution in [1.29, 1.82) is 0 Å². The number of aryl methyl sites for hydroxylation is 2. The lowest BCUT2D eigenvalue weighted by Crippen LogP contribution is -2.07. The van der Waals surface area contributed by atoms with E-state index in [1.54, 1.807) is 11.3 Å². The number of hydrogen-bond donors (Lipinski definition) is 1. The van der Waals surface area contributed by atoms with Crippen molar-refractivity contribution < 1.29 is 5.11 Å². The van der Waals surface area contributed by atoms with Crippen LogP contribution >= 0.6 is 11.3 Å². The summed E-state index contributed by atoms with van der Waals surface area (Å²) in [5, 5.41) is 22.3. The largest absolute Gasteiger partial charge is 0.384 e. The zero-order chi connectivity index (χ0) is 14.1. The third-order valence-electron chi connectivity index (χ3n) is 3.46. The lowest BCUT2D eigenvalue weighted by Gasteiger charge is -2.15. The zero-order valence-corrected chi connectivity index (χ0v) is 12.3. The maximum atomic E-state index is 10.8. The molecule has 1 unspecified atom stereocenters. The van der Waals surface area contributed by atoms with Crippen molar-refractivity contribution in [3.8, 4) is 0 Å². The molecule has 0 saturated heterocycles. The van der Waals surface area contributed by atoms with Crippen molar-refractivity contribution in [3.05, 3.63) is 58.2 Å². The van der Waals surface area contributed by atoms with E-state index >= 15 is 0 Å². The molecule has 0 amide bonds. The summed E-state index contributed by atoms with van der Waals surface area (Å²) < 4.78 is 1.14. The first-order chi connectivity index (χ1) is 9.70. The normalized spacial score (nSPS) is 12.8. The van der Waals surface area contributed by atoms with Crippen molar-refractivity contribution >= 4 is 21.4 Å². The lowest BCUT2D eigenvalue weighted by atomic mass is 9.98. The van der Waals surface area contributed by atoms with Gasteiger partial charge in [-0.2, -0.15) is 10.2 Å². The molecule has 2 aromatic heterocycles. The van der Waals surface area contributed by atoms with Crippen LogP contribution in [-0.4, -0.2) is 15.3 Å². The van der Waals surface area contributed by atoms with E-state index < -0.39 is 6.10 Å². The van der Waals surface area contributed by atoms with E-state index in [0.29, 0.717) is 0 Å². The Kier molecular flexibility index (Phi) is 3.51. The number of aromatic nitrogens is 2. The van der Waals surface area contributed by atoms with Gasteiger partial charge in [-0.25, -0.2) is 0 Å². The minimum atomic E-state index is -0.651. The Labute approximate surface area is 121 Å². The number of fused-ring (bicyclic) bond motifs is 1. The minimum absolute atomic E-state index is 0.651. The Bertz CT molecular complexity index is 751. The number of thiophene rings is 1. The Morgan fingerprint density at radius 1 is 1.20 bits per heavy atom. The average molecular weight is 284 g/mol. The van der Waals surface area contributed by atoms with Crippen molar-refractivity contribution in [2.24, 2.45) is 0 Å². The van der Waals surface area contributed by atoms with Gasteiger partial charge in [-0.1, -0.05) is 25.1 Å². The molecule has 102 valence electrons. The maximum Gasteiger partial charge on any atom is 0.107 e. The van der Waals surface area contributed by atoms with Gasteiger partial charge in [0.2, 0.25) is 0 Å². The molecule has 0 bridgehead atoms. The van der Waals surface area contributed by atoms with E-state index in [1.807, 2.05) is 32.0 Å². The second-order valence-corrected chi connectivity index (χ2v) is 5.75. The zero-order valence-electron chi connectivity index (χ0n) is 11.5. The molecule has 2 heterocycles. The molecule has 3 nitrogen and oxygen atoms in total. The van der Waals surface area contributed by atoms with Crippen LogP contribution < -0.4 is 0 Å². The molecule has 3 rings (SSSR count). The molecule has 20 heavy (non-hydrogen) atoms. The van der Waals surface area contributed by atoms with Crippen LogP contribution in [0.3, 0.4) is 0 Å². The van der Waals surface area contributed by atoms with Crippen molar-refractivity contribution in [2.75, 3.05) is 0 Å². The van der Waals surface area contributed by atoms with Crippen molar-refractivity contribution in [1.82, 2.24) is 10.2 Å². The number of aliphatic hydroxyl groups is 1. The first-order valence-electron chi connectivity index (χ1n) is 6.68. The highest BCUT2D eigenvalue weighted by Crippen LogP contribution is 2.33. The molecule has 0 saturated carbocycles. The molecule has 0 aliphatic rings. The standard InChI is InChI=1S/C16H16N2OS/c1-3-14-13(9-10(2)17-18-14)15(19)12-6-4-5-11-7-8-20-16(11)12/h4-9,15,19H,3H2,1-2H3. The van der Waals surface area contributed by atoms with Crippen LogP contribution in [0.4, 0.5) is 0 Å². The Morgan fingerprint density at radius 3 is 2.85 bits per heavy atom. The average Bonchev–Trinajstić information content (AvgIpc) is 2.94. The van der Waals surface area contributed by atoms with Gasteiger partial charge in [0.1, 0.15) is 6.10 Å². The Balaban J connectivity index is 2.15. The van der Waals surface area contributed by atoms with E-state index in [9.17, 15) is 5.11 Å². The second-order valence-electron chi connectivity index (χ2n) is 4.83. The summed E-state index contributed by atoms with van der Waals surface area (Å²) in [6.45, 7) is 3.93. The van der Waals surface area contributed by atoms with Crippen molar-refractivity contribution in [3.63, 3.8) is 0 Å². The molecule has 1 atom stereocenters. The summed E-state index contributed by atoms with van der Waals surface area (Å²) in [4.78, 5) is 0. The molecule has 1 N–H and O–H groups in total. The fourth-order valence-corrected chi connectivity index (χ4v) is 3.38. The third-order valence-corrected chi connectivity index (χ3v) is 4.44. The fraction of sp³-hybridized carbons (Fsp3) is 0.250. The fourth-order valence-electron chi connectivity index (χ4n) is 2.44. The molecule has 4 heteroatoms. The van der Waals surface area contributed by atoms with Gasteiger partial charge in [-0.15, -0.1) is 11.3 Å². The van der Waals surface area contributed by atoms with Gasteiger partial charge in [-0.3, -0.25) is 0 Å². The highest BCUT2D eigenvalue weighted by molar-refractivity contribution is 7.17. The number of benzene rings is 1. The Morgan fingerprint density at radius 2 is 2.05 bits per heavy atom. The van der Waals surface area contributed by atoms with E-state index in [2.05, 4.69) is 27.7 Å². The second kappa shape index (κ2) is 5.31. The topological polar surface area (TPSA) is 46.0 Å². The minimum Gasteiger partial charge on any atom is -0.384 e. The number of aliphatic hydroxyl groups excluding tert-OH is 1. The number of hydrogen-bond acceptors (Lipinski definition) is 4. The molecule has 0 fully saturated rings. The summed E-state index contributed by atoms with van der Waals surface area (Å²) in [6, 6.07) is 10.0. The smallest absolute Gasteiger partial charge is 0.107 e. The van der Waals surface area contributed by atoms with Crippen LogP contribution in [0.15, 0.2) is 35.7 Å². The van der Waals surface area contributed by atoms with Gasteiger partial charge in [0.05, 0.1) is 11.4 Å². The molecule has 3 aromatic rings. The molecular formula is C16H16N2OS. The summed E-state index contributed by atoms with van der Waals surface area (Å²) in [7, 11) is 0. The highest BCUT2D eigenvalue weighted by atomic mass is 32.1. The van der Waals surface area contributed by atoms with Gasteiger partial charge in [-0.05, 0) is 36.2 Å². The lowest BCUT2D eigenvalue weighted by molar-refractivity contribution is 0.220. The van der Waals surface area contributed by atoms with Crippen LogP contribution in [0, 0.1) is 6.92 Å². The van der Waals surface area contributed by atoms with E-state index in [0.717, 1.165) is 33.6 Å². The van der Waals surface area contributed by atoms with E-state index in [1.165, 1.54) is 5.39 Å². The molecular weight excluding hydrogens is 268 g/mol. The van der Waals surface area contributed by atoms with Crippen LogP contribution in [-0.2, 0) is 6.42 Å². The summed E-state index contributed by atoms with van der Waals surface area (Å²) >= 11 is 1.66.